The third-order valence-electron chi connectivity index (χ3n) is 5.40. The second kappa shape index (κ2) is 11.0. The van der Waals surface area contributed by atoms with E-state index in [1.807, 2.05) is 25.1 Å². The molecule has 30 heavy (non-hydrogen) atoms. The van der Waals surface area contributed by atoms with E-state index in [1.165, 1.54) is 18.2 Å². The molecule has 3 rings (SSSR count). The number of benzene rings is 1. The predicted molar refractivity (Wildman–Crippen MR) is 122 cm³/mol. The zero-order valence-electron chi connectivity index (χ0n) is 18.2. The van der Waals surface area contributed by atoms with Crippen molar-refractivity contribution >= 4 is 28.6 Å². The summed E-state index contributed by atoms with van der Waals surface area (Å²) < 4.78 is 7.42. The van der Waals surface area contributed by atoms with Gasteiger partial charge in [0.25, 0.3) is 5.56 Å². The summed E-state index contributed by atoms with van der Waals surface area (Å²) in [5, 5.41) is 4.25. The third-order valence-corrected chi connectivity index (χ3v) is 6.37. The van der Waals surface area contributed by atoms with E-state index in [1.54, 1.807) is 10.6 Å². The zero-order valence-corrected chi connectivity index (χ0v) is 19.0. The lowest BCUT2D eigenvalue weighted by molar-refractivity contribution is -0.119. The zero-order chi connectivity index (χ0) is 21.5. The highest BCUT2D eigenvalue weighted by molar-refractivity contribution is 7.99. The predicted octanol–water partition coefficient (Wildman–Crippen LogP) is 4.00. The summed E-state index contributed by atoms with van der Waals surface area (Å²) in [7, 11) is 0. The summed E-state index contributed by atoms with van der Waals surface area (Å²) in [5.41, 5.74) is 0.595. The summed E-state index contributed by atoms with van der Waals surface area (Å²) in [6, 6.07) is 7.52. The Morgan fingerprint density at radius 2 is 2.10 bits per heavy atom. The fourth-order valence-corrected chi connectivity index (χ4v) is 4.58. The van der Waals surface area contributed by atoms with Gasteiger partial charge in [0.1, 0.15) is 0 Å². The van der Waals surface area contributed by atoms with Gasteiger partial charge in [-0.3, -0.25) is 14.2 Å². The number of ether oxygens (including phenoxy) is 1. The number of carbonyl (C=O) groups is 1. The molecule has 0 aliphatic carbocycles. The second-order valence-electron chi connectivity index (χ2n) is 8.54. The topological polar surface area (TPSA) is 73.2 Å². The van der Waals surface area contributed by atoms with Crippen LogP contribution in [0.3, 0.4) is 0 Å². The minimum Gasteiger partial charge on any atom is -0.376 e. The van der Waals surface area contributed by atoms with Crippen LogP contribution in [0.4, 0.5) is 0 Å². The third kappa shape index (κ3) is 6.32. The number of nitrogens with zero attached hydrogens (tertiary/aromatic N) is 2. The second-order valence-corrected chi connectivity index (χ2v) is 9.49. The molecule has 1 aromatic heterocycles. The number of rotatable bonds is 10. The molecule has 6 nitrogen and oxygen atoms in total. The molecule has 2 atom stereocenters. The number of aromatic nitrogens is 2. The number of amides is 1. The van der Waals surface area contributed by atoms with Crippen molar-refractivity contribution in [1.29, 1.82) is 0 Å². The molecule has 1 fully saturated rings. The van der Waals surface area contributed by atoms with Gasteiger partial charge in [-0.15, -0.1) is 0 Å². The van der Waals surface area contributed by atoms with Crippen molar-refractivity contribution < 1.29 is 9.53 Å². The Labute approximate surface area is 182 Å². The molecular formula is C23H33N3O3S. The Bertz CT molecular complexity index is 906. The highest BCUT2D eigenvalue weighted by Gasteiger charge is 2.21. The monoisotopic (exact) mass is 431 g/mol. The van der Waals surface area contributed by atoms with Crippen molar-refractivity contribution in [3.63, 3.8) is 0 Å². The van der Waals surface area contributed by atoms with Gasteiger partial charge in [-0.25, -0.2) is 4.98 Å². The molecule has 0 saturated carbocycles. The molecule has 0 spiro atoms. The maximum atomic E-state index is 13.1. The number of para-hydroxylation sites is 1. The molecule has 1 aromatic carbocycles. The Hall–Kier alpha value is -1.86. The van der Waals surface area contributed by atoms with Gasteiger partial charge in [-0.05, 0) is 44.2 Å². The number of nitrogens with one attached hydrogen (secondary N) is 1. The number of hydrogen-bond donors (Lipinski definition) is 1. The van der Waals surface area contributed by atoms with Crippen LogP contribution in [-0.4, -0.2) is 40.0 Å². The van der Waals surface area contributed by atoms with E-state index in [0.717, 1.165) is 32.3 Å². The number of carbonyl (C=O) groups excluding carboxylic acids is 1. The molecule has 164 valence electrons. The van der Waals surface area contributed by atoms with E-state index >= 15 is 0 Å². The SMILES string of the molecule is CC(C)CCC[C@@H](C)NC(=O)CSc1nc2ccccc2c(=O)n1C[C@H]1CCCO1. The summed E-state index contributed by atoms with van der Waals surface area (Å²) in [6.45, 7) is 7.69. The average Bonchev–Trinajstić information content (AvgIpc) is 3.22. The highest BCUT2D eigenvalue weighted by atomic mass is 32.2. The molecule has 1 aliphatic rings. The summed E-state index contributed by atoms with van der Waals surface area (Å²) in [5.74, 6) is 0.899. The molecule has 0 unspecified atom stereocenters. The molecular weight excluding hydrogens is 398 g/mol. The Balaban J connectivity index is 1.68. The first-order valence-electron chi connectivity index (χ1n) is 11.0. The van der Waals surface area contributed by atoms with Crippen molar-refractivity contribution in [3.05, 3.63) is 34.6 Å². The normalized spacial score (nSPS) is 17.5. The quantitative estimate of drug-likeness (QED) is 0.455. The van der Waals surface area contributed by atoms with E-state index in [4.69, 9.17) is 4.74 Å². The largest absolute Gasteiger partial charge is 0.376 e. The number of fused-ring (bicyclic) bond motifs is 1. The van der Waals surface area contributed by atoms with Gasteiger partial charge >= 0.3 is 0 Å². The van der Waals surface area contributed by atoms with Crippen molar-refractivity contribution in [3.8, 4) is 0 Å². The van der Waals surface area contributed by atoms with Gasteiger partial charge in [0.05, 0.1) is 29.3 Å². The van der Waals surface area contributed by atoms with Crippen LogP contribution in [0.15, 0.2) is 34.2 Å². The minimum absolute atomic E-state index is 0.0249. The van der Waals surface area contributed by atoms with Crippen LogP contribution in [0.25, 0.3) is 10.9 Å². The molecule has 1 saturated heterocycles. The molecule has 7 heteroatoms. The first-order chi connectivity index (χ1) is 14.4. The van der Waals surface area contributed by atoms with Crippen molar-refractivity contribution in [1.82, 2.24) is 14.9 Å². The van der Waals surface area contributed by atoms with E-state index < -0.39 is 0 Å². The van der Waals surface area contributed by atoms with Crippen LogP contribution < -0.4 is 10.9 Å². The van der Waals surface area contributed by atoms with Crippen LogP contribution >= 0.6 is 11.8 Å². The molecule has 0 bridgehead atoms. The Morgan fingerprint density at radius 1 is 1.30 bits per heavy atom. The molecule has 2 aromatic rings. The number of thioether (sulfide) groups is 1. The first kappa shape index (κ1) is 22.8. The summed E-state index contributed by atoms with van der Waals surface area (Å²) in [4.78, 5) is 30.2. The maximum absolute atomic E-state index is 13.1. The first-order valence-corrected chi connectivity index (χ1v) is 12.0. The Kier molecular flexibility index (Phi) is 8.33. The molecule has 1 N–H and O–H groups in total. The lowest BCUT2D eigenvalue weighted by Crippen LogP contribution is -2.34. The summed E-state index contributed by atoms with van der Waals surface area (Å²) >= 11 is 1.32. The smallest absolute Gasteiger partial charge is 0.262 e. The summed E-state index contributed by atoms with van der Waals surface area (Å²) in [6.07, 6.45) is 5.25. The van der Waals surface area contributed by atoms with Crippen LogP contribution in [0.2, 0.25) is 0 Å². The van der Waals surface area contributed by atoms with Gasteiger partial charge in [-0.2, -0.15) is 0 Å². The van der Waals surface area contributed by atoms with E-state index in [-0.39, 0.29) is 29.4 Å². The maximum Gasteiger partial charge on any atom is 0.262 e. The molecule has 0 radical (unpaired) electrons. The molecule has 1 aliphatic heterocycles. The van der Waals surface area contributed by atoms with Gasteiger partial charge in [-0.1, -0.05) is 50.6 Å². The van der Waals surface area contributed by atoms with E-state index in [0.29, 0.717) is 28.5 Å². The van der Waals surface area contributed by atoms with Crippen LogP contribution in [0, 0.1) is 5.92 Å². The Morgan fingerprint density at radius 3 is 2.83 bits per heavy atom. The van der Waals surface area contributed by atoms with Crippen molar-refractivity contribution in [2.24, 2.45) is 5.92 Å². The van der Waals surface area contributed by atoms with Gasteiger partial charge in [0, 0.05) is 12.6 Å². The van der Waals surface area contributed by atoms with Gasteiger partial charge in [0.15, 0.2) is 5.16 Å². The van der Waals surface area contributed by atoms with Crippen molar-refractivity contribution in [2.75, 3.05) is 12.4 Å². The minimum atomic E-state index is -0.0685. The fourth-order valence-electron chi connectivity index (χ4n) is 3.76. The van der Waals surface area contributed by atoms with Crippen LogP contribution in [0.1, 0.15) is 52.9 Å². The lowest BCUT2D eigenvalue weighted by Gasteiger charge is -2.17. The fraction of sp³-hybridized carbons (Fsp3) is 0.609. The van der Waals surface area contributed by atoms with Crippen LogP contribution in [0.5, 0.6) is 0 Å². The average molecular weight is 432 g/mol. The van der Waals surface area contributed by atoms with Gasteiger partial charge in [0.2, 0.25) is 5.91 Å². The van der Waals surface area contributed by atoms with Crippen LogP contribution in [-0.2, 0) is 16.1 Å². The molecule has 1 amide bonds. The molecule has 2 heterocycles. The van der Waals surface area contributed by atoms with E-state index in [9.17, 15) is 9.59 Å². The standard InChI is InChI=1S/C23H33N3O3S/c1-16(2)8-6-9-17(3)24-21(27)15-30-23-25-20-12-5-4-11-19(20)22(28)26(23)14-18-10-7-13-29-18/h4-5,11-12,16-18H,6-10,13-15H2,1-3H3,(H,24,27)/t17-,18-/m1/s1. The lowest BCUT2D eigenvalue weighted by atomic mass is 10.0. The van der Waals surface area contributed by atoms with E-state index in [2.05, 4.69) is 24.1 Å². The number of hydrogen-bond acceptors (Lipinski definition) is 5. The van der Waals surface area contributed by atoms with Crippen molar-refractivity contribution in [2.45, 2.75) is 76.7 Å². The van der Waals surface area contributed by atoms with Gasteiger partial charge < -0.3 is 10.1 Å². The highest BCUT2D eigenvalue weighted by Crippen LogP contribution is 2.21.